The molecule has 1 heterocycles. The summed E-state index contributed by atoms with van der Waals surface area (Å²) in [5.41, 5.74) is 0.277. The Labute approximate surface area is 143 Å². The standard InChI is InChI=1S/C16H14Cl2N2O3/c17-11-6-3-7-12(18)14(11)19-13(21)8-20-15(22)9-4-1-2-5-10(9)16(20)23/h1-3,6-7,9-10H,4-5,8H2,(H,19,21)/t9-,10-/m1/s1. The van der Waals surface area contributed by atoms with E-state index >= 15 is 0 Å². The number of anilines is 1. The molecule has 2 atom stereocenters. The fraction of sp³-hybridized carbons (Fsp3) is 0.312. The molecule has 1 fully saturated rings. The fourth-order valence-corrected chi connectivity index (χ4v) is 3.46. The minimum atomic E-state index is -0.506. The van der Waals surface area contributed by atoms with E-state index in [9.17, 15) is 14.4 Å². The number of benzene rings is 1. The van der Waals surface area contributed by atoms with Gasteiger partial charge in [-0.25, -0.2) is 0 Å². The number of allylic oxidation sites excluding steroid dienone is 2. The molecule has 0 saturated carbocycles. The molecule has 1 saturated heterocycles. The highest BCUT2D eigenvalue weighted by molar-refractivity contribution is 6.39. The minimum absolute atomic E-state index is 0.277. The summed E-state index contributed by atoms with van der Waals surface area (Å²) >= 11 is 12.0. The Hall–Kier alpha value is -1.85. The number of likely N-dealkylation sites (tertiary alicyclic amines) is 1. The number of hydrogen-bond donors (Lipinski definition) is 1. The summed E-state index contributed by atoms with van der Waals surface area (Å²) in [5, 5.41) is 3.15. The zero-order chi connectivity index (χ0) is 16.6. The maximum Gasteiger partial charge on any atom is 0.244 e. The van der Waals surface area contributed by atoms with Gasteiger partial charge in [-0.15, -0.1) is 0 Å². The summed E-state index contributed by atoms with van der Waals surface area (Å²) in [6, 6.07) is 4.84. The topological polar surface area (TPSA) is 66.5 Å². The highest BCUT2D eigenvalue weighted by Gasteiger charge is 2.47. The number of hydrogen-bond acceptors (Lipinski definition) is 3. The fourth-order valence-electron chi connectivity index (χ4n) is 2.96. The lowest BCUT2D eigenvalue weighted by Gasteiger charge is -2.15. The molecule has 5 nitrogen and oxygen atoms in total. The molecular formula is C16H14Cl2N2O3. The van der Waals surface area contributed by atoms with Crippen LogP contribution in [0.25, 0.3) is 0 Å². The maximum atomic E-state index is 12.3. The molecule has 7 heteroatoms. The number of carbonyl (C=O) groups excluding carboxylic acids is 3. The summed E-state index contributed by atoms with van der Waals surface area (Å²) < 4.78 is 0. The van der Waals surface area contributed by atoms with Crippen molar-refractivity contribution in [2.75, 3.05) is 11.9 Å². The number of imide groups is 1. The van der Waals surface area contributed by atoms with E-state index in [1.54, 1.807) is 18.2 Å². The van der Waals surface area contributed by atoms with Crippen molar-refractivity contribution in [3.8, 4) is 0 Å². The van der Waals surface area contributed by atoms with Gasteiger partial charge in [0.15, 0.2) is 0 Å². The largest absolute Gasteiger partial charge is 0.322 e. The minimum Gasteiger partial charge on any atom is -0.322 e. The van der Waals surface area contributed by atoms with Gasteiger partial charge in [0, 0.05) is 0 Å². The van der Waals surface area contributed by atoms with Gasteiger partial charge in [-0.05, 0) is 25.0 Å². The summed E-state index contributed by atoms with van der Waals surface area (Å²) in [4.78, 5) is 37.8. The second-order valence-corrected chi connectivity index (χ2v) is 6.38. The Morgan fingerprint density at radius 1 is 1.09 bits per heavy atom. The van der Waals surface area contributed by atoms with Crippen molar-refractivity contribution >= 4 is 46.6 Å². The number of para-hydroxylation sites is 1. The predicted octanol–water partition coefficient (Wildman–Crippen LogP) is 2.88. The Balaban J connectivity index is 1.71. The van der Waals surface area contributed by atoms with E-state index < -0.39 is 5.91 Å². The number of fused-ring (bicyclic) bond motifs is 1. The van der Waals surface area contributed by atoms with E-state index in [1.165, 1.54) is 0 Å². The first kappa shape index (κ1) is 16.0. The van der Waals surface area contributed by atoms with Gasteiger partial charge in [-0.1, -0.05) is 41.4 Å². The second-order valence-electron chi connectivity index (χ2n) is 5.56. The summed E-state index contributed by atoms with van der Waals surface area (Å²) in [6.07, 6.45) is 4.90. The van der Waals surface area contributed by atoms with E-state index in [1.807, 2.05) is 12.2 Å². The van der Waals surface area contributed by atoms with Gasteiger partial charge in [0.1, 0.15) is 6.54 Å². The molecule has 0 aromatic heterocycles. The molecular weight excluding hydrogens is 339 g/mol. The molecule has 0 unspecified atom stereocenters. The van der Waals surface area contributed by atoms with Crippen LogP contribution in [0, 0.1) is 11.8 Å². The van der Waals surface area contributed by atoms with Crippen molar-refractivity contribution in [2.45, 2.75) is 12.8 Å². The molecule has 1 N–H and O–H groups in total. The van der Waals surface area contributed by atoms with Crippen molar-refractivity contribution in [1.82, 2.24) is 4.90 Å². The zero-order valence-electron chi connectivity index (χ0n) is 12.1. The first-order chi connectivity index (χ1) is 11.0. The molecule has 0 spiro atoms. The molecule has 1 aliphatic heterocycles. The van der Waals surface area contributed by atoms with Crippen molar-refractivity contribution < 1.29 is 14.4 Å². The van der Waals surface area contributed by atoms with Gasteiger partial charge in [-0.3, -0.25) is 19.3 Å². The molecule has 3 rings (SSSR count). The van der Waals surface area contributed by atoms with E-state index in [0.29, 0.717) is 22.9 Å². The third kappa shape index (κ3) is 2.99. The summed E-state index contributed by atoms with van der Waals surface area (Å²) in [7, 11) is 0. The lowest BCUT2D eigenvalue weighted by molar-refractivity contribution is -0.142. The third-order valence-corrected chi connectivity index (χ3v) is 4.76. The van der Waals surface area contributed by atoms with E-state index in [2.05, 4.69) is 5.32 Å². The lowest BCUT2D eigenvalue weighted by atomic mass is 9.85. The van der Waals surface area contributed by atoms with Gasteiger partial charge < -0.3 is 5.32 Å². The molecule has 0 radical (unpaired) electrons. The third-order valence-electron chi connectivity index (χ3n) is 4.13. The van der Waals surface area contributed by atoms with Crippen molar-refractivity contribution in [3.05, 3.63) is 40.4 Å². The number of nitrogens with zero attached hydrogens (tertiary/aromatic N) is 1. The normalized spacial score (nSPS) is 23.1. The number of halogens is 2. The number of carbonyl (C=O) groups is 3. The molecule has 23 heavy (non-hydrogen) atoms. The summed E-state index contributed by atoms with van der Waals surface area (Å²) in [5.74, 6) is -1.77. The van der Waals surface area contributed by atoms with Crippen LogP contribution in [0.1, 0.15) is 12.8 Å². The molecule has 1 aliphatic carbocycles. The molecule has 2 aliphatic rings. The maximum absolute atomic E-state index is 12.3. The van der Waals surface area contributed by atoms with Gasteiger partial charge in [-0.2, -0.15) is 0 Å². The first-order valence-corrected chi connectivity index (χ1v) is 7.98. The van der Waals surface area contributed by atoms with Crippen molar-refractivity contribution in [3.63, 3.8) is 0 Å². The molecule has 1 aromatic rings. The van der Waals surface area contributed by atoms with Crippen LogP contribution in [0.2, 0.25) is 10.0 Å². The Kier molecular flexibility index (Phi) is 4.41. The van der Waals surface area contributed by atoms with E-state index in [0.717, 1.165) is 4.90 Å². The van der Waals surface area contributed by atoms with Crippen LogP contribution in [0.15, 0.2) is 30.4 Å². The van der Waals surface area contributed by atoms with Gasteiger partial charge in [0.2, 0.25) is 17.7 Å². The molecule has 1 aromatic carbocycles. The molecule has 3 amide bonds. The van der Waals surface area contributed by atoms with Crippen LogP contribution in [-0.4, -0.2) is 29.2 Å². The SMILES string of the molecule is O=C(CN1C(=O)[C@@H]2CC=CC[C@H]2C1=O)Nc1c(Cl)cccc1Cl. The highest BCUT2D eigenvalue weighted by atomic mass is 35.5. The van der Waals surface area contributed by atoms with Crippen molar-refractivity contribution in [2.24, 2.45) is 11.8 Å². The molecule has 0 bridgehead atoms. The van der Waals surface area contributed by atoms with Crippen LogP contribution >= 0.6 is 23.2 Å². The number of rotatable bonds is 3. The van der Waals surface area contributed by atoms with Gasteiger partial charge >= 0.3 is 0 Å². The quantitative estimate of drug-likeness (QED) is 0.671. The van der Waals surface area contributed by atoms with Crippen LogP contribution in [-0.2, 0) is 14.4 Å². The zero-order valence-corrected chi connectivity index (χ0v) is 13.6. The molecule has 120 valence electrons. The highest BCUT2D eigenvalue weighted by Crippen LogP contribution is 2.35. The smallest absolute Gasteiger partial charge is 0.244 e. The second kappa shape index (κ2) is 6.34. The van der Waals surface area contributed by atoms with Crippen LogP contribution < -0.4 is 5.32 Å². The van der Waals surface area contributed by atoms with Gasteiger partial charge in [0.25, 0.3) is 0 Å². The predicted molar refractivity (Wildman–Crippen MR) is 87.2 cm³/mol. The summed E-state index contributed by atoms with van der Waals surface area (Å²) in [6.45, 7) is -0.327. The van der Waals surface area contributed by atoms with Crippen molar-refractivity contribution in [1.29, 1.82) is 0 Å². The first-order valence-electron chi connectivity index (χ1n) is 7.23. The van der Waals surface area contributed by atoms with Gasteiger partial charge in [0.05, 0.1) is 27.6 Å². The average Bonchev–Trinajstić information content (AvgIpc) is 2.77. The average molecular weight is 353 g/mol. The Morgan fingerprint density at radius 2 is 1.61 bits per heavy atom. The number of amides is 3. The van der Waals surface area contributed by atoms with E-state index in [4.69, 9.17) is 23.2 Å². The van der Waals surface area contributed by atoms with Crippen LogP contribution in [0.4, 0.5) is 5.69 Å². The lowest BCUT2D eigenvalue weighted by Crippen LogP contribution is -2.38. The van der Waals surface area contributed by atoms with Crippen LogP contribution in [0.5, 0.6) is 0 Å². The van der Waals surface area contributed by atoms with E-state index in [-0.39, 0.29) is 35.9 Å². The van der Waals surface area contributed by atoms with Crippen LogP contribution in [0.3, 0.4) is 0 Å². The Morgan fingerprint density at radius 3 is 2.13 bits per heavy atom. The monoisotopic (exact) mass is 352 g/mol. The number of nitrogens with one attached hydrogen (secondary N) is 1. The Bertz CT molecular complexity index is 671.